The summed E-state index contributed by atoms with van der Waals surface area (Å²) in [5, 5.41) is 0. The van der Waals surface area contributed by atoms with E-state index in [1.54, 1.807) is 7.11 Å². The zero-order valence-electron chi connectivity index (χ0n) is 10.2. The Morgan fingerprint density at radius 2 is 1.94 bits per heavy atom. The quantitative estimate of drug-likeness (QED) is 0.376. The first kappa shape index (κ1) is 13.2. The molecule has 1 fully saturated rings. The molecule has 1 rings (SSSR count). The maximum atomic E-state index is 11.6. The van der Waals surface area contributed by atoms with Crippen molar-refractivity contribution in [2.75, 3.05) is 20.3 Å². The number of carbonyl (C=O) groups excluding carboxylic acids is 2. The molecule has 2 unspecified atom stereocenters. The van der Waals surface area contributed by atoms with Crippen LogP contribution in [-0.2, 0) is 19.1 Å². The van der Waals surface area contributed by atoms with Crippen LogP contribution in [0, 0.1) is 17.3 Å². The lowest BCUT2D eigenvalue weighted by molar-refractivity contribution is -0.146. The highest BCUT2D eigenvalue weighted by Gasteiger charge is 2.62. The number of hydrogen-bond acceptors (Lipinski definition) is 4. The minimum absolute atomic E-state index is 0.168. The van der Waals surface area contributed by atoms with E-state index in [2.05, 4.69) is 0 Å². The Kier molecular flexibility index (Phi) is 4.47. The molecule has 0 aromatic carbocycles. The molecule has 0 radical (unpaired) electrons. The van der Waals surface area contributed by atoms with Crippen LogP contribution in [-0.4, -0.2) is 32.6 Å². The van der Waals surface area contributed by atoms with Crippen molar-refractivity contribution >= 4 is 12.3 Å². The number of methoxy groups -OCH3 is 1. The van der Waals surface area contributed by atoms with Crippen molar-refractivity contribution < 1.29 is 19.1 Å². The van der Waals surface area contributed by atoms with Gasteiger partial charge in [-0.05, 0) is 18.3 Å². The second-order valence-electron chi connectivity index (χ2n) is 4.83. The van der Waals surface area contributed by atoms with E-state index in [-0.39, 0.29) is 23.2 Å². The van der Waals surface area contributed by atoms with Crippen molar-refractivity contribution in [2.45, 2.75) is 26.7 Å². The molecule has 0 bridgehead atoms. The molecule has 1 aliphatic carbocycles. The second-order valence-corrected chi connectivity index (χ2v) is 4.83. The molecule has 1 aliphatic rings. The smallest absolute Gasteiger partial charge is 0.310 e. The first-order valence-electron chi connectivity index (χ1n) is 5.66. The van der Waals surface area contributed by atoms with Crippen molar-refractivity contribution in [3.8, 4) is 0 Å². The molecule has 0 aromatic rings. The molecule has 4 nitrogen and oxygen atoms in total. The van der Waals surface area contributed by atoms with E-state index in [1.807, 2.05) is 13.8 Å². The highest BCUT2D eigenvalue weighted by molar-refractivity contribution is 5.84. The number of ether oxygens (including phenoxy) is 2. The molecule has 0 heterocycles. The monoisotopic (exact) mass is 228 g/mol. The zero-order valence-corrected chi connectivity index (χ0v) is 10.2. The second kappa shape index (κ2) is 5.43. The lowest BCUT2D eigenvalue weighted by Gasteiger charge is -2.05. The van der Waals surface area contributed by atoms with Crippen LogP contribution in [0.3, 0.4) is 0 Å². The Hall–Kier alpha value is -0.900. The van der Waals surface area contributed by atoms with Gasteiger partial charge in [-0.25, -0.2) is 0 Å². The van der Waals surface area contributed by atoms with Crippen molar-refractivity contribution in [3.05, 3.63) is 0 Å². The topological polar surface area (TPSA) is 52.6 Å². The van der Waals surface area contributed by atoms with E-state index in [4.69, 9.17) is 9.47 Å². The van der Waals surface area contributed by atoms with E-state index in [0.29, 0.717) is 13.2 Å². The highest BCUT2D eigenvalue weighted by Crippen LogP contribution is 2.57. The summed E-state index contributed by atoms with van der Waals surface area (Å²) in [7, 11) is 1.65. The predicted octanol–water partition coefficient (Wildman–Crippen LogP) is 1.43. The lowest BCUT2D eigenvalue weighted by Crippen LogP contribution is -2.12. The fourth-order valence-electron chi connectivity index (χ4n) is 1.99. The molecule has 0 spiro atoms. The number of hydrogen-bond donors (Lipinski definition) is 0. The maximum absolute atomic E-state index is 11.6. The minimum atomic E-state index is -0.243. The third-order valence-corrected chi connectivity index (χ3v) is 3.30. The van der Waals surface area contributed by atoms with E-state index in [1.165, 1.54) is 0 Å². The molecule has 4 heteroatoms. The average Bonchev–Trinajstić information content (AvgIpc) is 2.80. The minimum Gasteiger partial charge on any atom is -0.465 e. The van der Waals surface area contributed by atoms with Crippen molar-refractivity contribution in [1.82, 2.24) is 0 Å². The lowest BCUT2D eigenvalue weighted by atomic mass is 10.1. The van der Waals surface area contributed by atoms with Crippen LogP contribution in [0.1, 0.15) is 26.7 Å². The number of aldehydes is 1. The SMILES string of the molecule is COCCCCOC(=O)C1C(C=O)C1(C)C. The molecular formula is C12H20O4. The van der Waals surface area contributed by atoms with Crippen LogP contribution in [0.25, 0.3) is 0 Å². The Morgan fingerprint density at radius 1 is 1.31 bits per heavy atom. The Balaban J connectivity index is 2.19. The standard InChI is InChI=1S/C12H20O4/c1-12(2)9(8-13)10(12)11(14)16-7-5-4-6-15-3/h8-10H,4-7H2,1-3H3. The average molecular weight is 228 g/mol. The van der Waals surface area contributed by atoms with Gasteiger partial charge in [-0.2, -0.15) is 0 Å². The zero-order chi connectivity index (χ0) is 12.2. The summed E-state index contributed by atoms with van der Waals surface area (Å²) in [6.45, 7) is 4.94. The van der Waals surface area contributed by atoms with Crippen LogP contribution in [0.5, 0.6) is 0 Å². The summed E-state index contributed by atoms with van der Waals surface area (Å²) in [4.78, 5) is 22.3. The molecule has 0 aliphatic heterocycles. The normalized spacial score (nSPS) is 26.2. The van der Waals surface area contributed by atoms with Gasteiger partial charge in [0.15, 0.2) is 0 Å². The molecule has 16 heavy (non-hydrogen) atoms. The van der Waals surface area contributed by atoms with Crippen LogP contribution < -0.4 is 0 Å². The first-order chi connectivity index (χ1) is 7.55. The van der Waals surface area contributed by atoms with E-state index < -0.39 is 0 Å². The Morgan fingerprint density at radius 3 is 2.44 bits per heavy atom. The maximum Gasteiger partial charge on any atom is 0.310 e. The molecule has 2 atom stereocenters. The molecule has 0 aromatic heterocycles. The van der Waals surface area contributed by atoms with Crippen molar-refractivity contribution in [1.29, 1.82) is 0 Å². The van der Waals surface area contributed by atoms with Crippen LogP contribution in [0.2, 0.25) is 0 Å². The van der Waals surface area contributed by atoms with E-state index in [0.717, 1.165) is 19.1 Å². The van der Waals surface area contributed by atoms with E-state index >= 15 is 0 Å². The van der Waals surface area contributed by atoms with Crippen LogP contribution in [0.15, 0.2) is 0 Å². The summed E-state index contributed by atoms with van der Waals surface area (Å²) in [5.41, 5.74) is -0.217. The Labute approximate surface area is 96.3 Å². The summed E-state index contributed by atoms with van der Waals surface area (Å²) in [5.74, 6) is -0.647. The van der Waals surface area contributed by atoms with Gasteiger partial charge in [-0.1, -0.05) is 13.8 Å². The number of esters is 1. The van der Waals surface area contributed by atoms with Crippen molar-refractivity contribution in [3.63, 3.8) is 0 Å². The molecule has 0 saturated heterocycles. The van der Waals surface area contributed by atoms with Crippen LogP contribution >= 0.6 is 0 Å². The van der Waals surface area contributed by atoms with Gasteiger partial charge in [-0.3, -0.25) is 4.79 Å². The summed E-state index contributed by atoms with van der Waals surface area (Å²) in [6, 6.07) is 0. The molecule has 1 saturated carbocycles. The van der Waals surface area contributed by atoms with Gasteiger partial charge in [0.25, 0.3) is 0 Å². The molecule has 92 valence electrons. The molecular weight excluding hydrogens is 208 g/mol. The van der Waals surface area contributed by atoms with E-state index in [9.17, 15) is 9.59 Å². The largest absolute Gasteiger partial charge is 0.465 e. The van der Waals surface area contributed by atoms with Gasteiger partial charge < -0.3 is 14.3 Å². The third-order valence-electron chi connectivity index (χ3n) is 3.30. The number of unbranched alkanes of at least 4 members (excludes halogenated alkanes) is 1. The molecule has 0 N–H and O–H groups in total. The predicted molar refractivity (Wildman–Crippen MR) is 58.9 cm³/mol. The molecule has 0 amide bonds. The fourth-order valence-corrected chi connectivity index (χ4v) is 1.99. The van der Waals surface area contributed by atoms with Gasteiger partial charge in [0.2, 0.25) is 0 Å². The Bertz CT molecular complexity index is 260. The summed E-state index contributed by atoms with van der Waals surface area (Å²) < 4.78 is 10.0. The van der Waals surface area contributed by atoms with Gasteiger partial charge in [0, 0.05) is 19.6 Å². The third kappa shape index (κ3) is 2.82. The van der Waals surface area contributed by atoms with Gasteiger partial charge >= 0.3 is 5.97 Å². The summed E-state index contributed by atoms with van der Waals surface area (Å²) >= 11 is 0. The fraction of sp³-hybridized carbons (Fsp3) is 0.833. The summed E-state index contributed by atoms with van der Waals surface area (Å²) in [6.07, 6.45) is 2.55. The number of rotatable bonds is 7. The van der Waals surface area contributed by atoms with Gasteiger partial charge in [0.1, 0.15) is 6.29 Å². The highest BCUT2D eigenvalue weighted by atomic mass is 16.5. The van der Waals surface area contributed by atoms with Crippen molar-refractivity contribution in [2.24, 2.45) is 17.3 Å². The number of carbonyl (C=O) groups is 2. The van der Waals surface area contributed by atoms with Gasteiger partial charge in [0.05, 0.1) is 12.5 Å². The first-order valence-corrected chi connectivity index (χ1v) is 5.66. The van der Waals surface area contributed by atoms with Crippen LogP contribution in [0.4, 0.5) is 0 Å². The van der Waals surface area contributed by atoms with Gasteiger partial charge in [-0.15, -0.1) is 0 Å².